The van der Waals surface area contributed by atoms with Gasteiger partial charge in [0.15, 0.2) is 5.82 Å². The summed E-state index contributed by atoms with van der Waals surface area (Å²) in [6, 6.07) is 0.748. The first-order valence-corrected chi connectivity index (χ1v) is 7.12. The summed E-state index contributed by atoms with van der Waals surface area (Å²) in [5.41, 5.74) is 0. The van der Waals surface area contributed by atoms with Crippen LogP contribution in [0.1, 0.15) is 64.6 Å². The molecule has 0 N–H and O–H groups in total. The maximum Gasteiger partial charge on any atom is 0.240 e. The second-order valence-corrected chi connectivity index (χ2v) is 6.09. The van der Waals surface area contributed by atoms with Gasteiger partial charge in [-0.1, -0.05) is 32.9 Å². The Morgan fingerprint density at radius 2 is 2.00 bits per heavy atom. The van der Waals surface area contributed by atoms with Gasteiger partial charge < -0.3 is 4.52 Å². The van der Waals surface area contributed by atoms with Crippen molar-refractivity contribution in [2.24, 2.45) is 5.92 Å². The van der Waals surface area contributed by atoms with E-state index in [2.05, 4.69) is 42.7 Å². The highest BCUT2D eigenvalue weighted by Crippen LogP contribution is 2.28. The van der Waals surface area contributed by atoms with Crippen molar-refractivity contribution in [1.82, 2.24) is 15.0 Å². The monoisotopic (exact) mass is 251 g/mol. The molecule has 18 heavy (non-hydrogen) atoms. The Kier molecular flexibility index (Phi) is 4.38. The van der Waals surface area contributed by atoms with E-state index in [1.54, 1.807) is 0 Å². The van der Waals surface area contributed by atoms with Gasteiger partial charge in [0.05, 0.1) is 6.54 Å². The van der Waals surface area contributed by atoms with Gasteiger partial charge in [0.25, 0.3) is 0 Å². The number of hydrogen-bond donors (Lipinski definition) is 0. The SMILES string of the molecule is CC(C)CCN(Cc1nc(C(C)C)no1)C1CC1. The molecule has 0 atom stereocenters. The highest BCUT2D eigenvalue weighted by atomic mass is 16.5. The van der Waals surface area contributed by atoms with Crippen molar-refractivity contribution < 1.29 is 4.52 Å². The number of hydrogen-bond acceptors (Lipinski definition) is 4. The third-order valence-electron chi connectivity index (χ3n) is 3.40. The van der Waals surface area contributed by atoms with Crippen LogP contribution in [0.5, 0.6) is 0 Å². The van der Waals surface area contributed by atoms with Crippen molar-refractivity contribution in [3.63, 3.8) is 0 Å². The van der Waals surface area contributed by atoms with Crippen LogP contribution in [0, 0.1) is 5.92 Å². The number of nitrogens with zero attached hydrogens (tertiary/aromatic N) is 3. The average molecular weight is 251 g/mol. The summed E-state index contributed by atoms with van der Waals surface area (Å²) in [5.74, 6) is 2.69. The van der Waals surface area contributed by atoms with Crippen molar-refractivity contribution in [2.45, 2.75) is 65.5 Å². The van der Waals surface area contributed by atoms with Gasteiger partial charge >= 0.3 is 0 Å². The summed E-state index contributed by atoms with van der Waals surface area (Å²) in [6.07, 6.45) is 3.88. The standard InChI is InChI=1S/C14H25N3O/c1-10(2)7-8-17(12-5-6-12)9-13-15-14(11(3)4)16-18-13/h10-12H,5-9H2,1-4H3. The zero-order chi connectivity index (χ0) is 13.1. The third-order valence-corrected chi connectivity index (χ3v) is 3.40. The van der Waals surface area contributed by atoms with E-state index in [1.165, 1.54) is 19.3 Å². The van der Waals surface area contributed by atoms with Crippen molar-refractivity contribution >= 4 is 0 Å². The van der Waals surface area contributed by atoms with Crippen molar-refractivity contribution in [3.8, 4) is 0 Å². The average Bonchev–Trinajstić information content (AvgIpc) is 3.03. The summed E-state index contributed by atoms with van der Waals surface area (Å²) in [4.78, 5) is 6.97. The van der Waals surface area contributed by atoms with Crippen molar-refractivity contribution in [1.29, 1.82) is 0 Å². The molecule has 1 aromatic rings. The molecule has 4 heteroatoms. The molecule has 0 radical (unpaired) electrons. The Morgan fingerprint density at radius 1 is 1.28 bits per heavy atom. The molecule has 0 amide bonds. The molecule has 1 aliphatic carbocycles. The van der Waals surface area contributed by atoms with Gasteiger partial charge in [-0.05, 0) is 31.7 Å². The fourth-order valence-electron chi connectivity index (χ4n) is 1.99. The fraction of sp³-hybridized carbons (Fsp3) is 0.857. The third kappa shape index (κ3) is 3.80. The molecular weight excluding hydrogens is 226 g/mol. The molecule has 1 saturated carbocycles. The quantitative estimate of drug-likeness (QED) is 0.746. The van der Waals surface area contributed by atoms with Crippen LogP contribution in [0.3, 0.4) is 0 Å². The minimum absolute atomic E-state index is 0.340. The number of aromatic nitrogens is 2. The molecule has 4 nitrogen and oxygen atoms in total. The van der Waals surface area contributed by atoms with Gasteiger partial charge in [-0.25, -0.2) is 0 Å². The van der Waals surface area contributed by atoms with E-state index in [1.807, 2.05) is 0 Å². The Morgan fingerprint density at radius 3 is 2.50 bits per heavy atom. The molecule has 1 heterocycles. The minimum Gasteiger partial charge on any atom is -0.338 e. The van der Waals surface area contributed by atoms with E-state index in [-0.39, 0.29) is 0 Å². The van der Waals surface area contributed by atoms with Crippen LogP contribution in [0.2, 0.25) is 0 Å². The Labute approximate surface area is 110 Å². The normalized spacial score (nSPS) is 16.2. The lowest BCUT2D eigenvalue weighted by atomic mass is 10.1. The van der Waals surface area contributed by atoms with Crippen LogP contribution in [-0.4, -0.2) is 27.6 Å². The number of rotatable bonds is 7. The first-order chi connectivity index (χ1) is 8.56. The molecule has 1 aromatic heterocycles. The zero-order valence-corrected chi connectivity index (χ0v) is 12.0. The predicted molar refractivity (Wildman–Crippen MR) is 71.3 cm³/mol. The van der Waals surface area contributed by atoms with Crippen molar-refractivity contribution in [3.05, 3.63) is 11.7 Å². The molecule has 0 saturated heterocycles. The molecule has 0 aromatic carbocycles. The van der Waals surface area contributed by atoms with Crippen LogP contribution in [-0.2, 0) is 6.54 Å². The molecule has 0 spiro atoms. The predicted octanol–water partition coefficient (Wildman–Crippen LogP) is 3.20. The molecule has 1 aliphatic rings. The molecule has 0 bridgehead atoms. The molecule has 2 rings (SSSR count). The summed E-state index contributed by atoms with van der Waals surface area (Å²) >= 11 is 0. The molecule has 1 fully saturated rings. The summed E-state index contributed by atoms with van der Waals surface area (Å²) < 4.78 is 5.34. The van der Waals surface area contributed by atoms with E-state index in [0.29, 0.717) is 5.92 Å². The van der Waals surface area contributed by atoms with E-state index in [9.17, 15) is 0 Å². The van der Waals surface area contributed by atoms with Gasteiger partial charge in [-0.15, -0.1) is 0 Å². The topological polar surface area (TPSA) is 42.2 Å². The Bertz CT molecular complexity index is 369. The zero-order valence-electron chi connectivity index (χ0n) is 12.0. The van der Waals surface area contributed by atoms with Gasteiger partial charge in [-0.2, -0.15) is 4.98 Å². The molecular formula is C14H25N3O. The van der Waals surface area contributed by atoms with E-state index in [4.69, 9.17) is 4.52 Å². The van der Waals surface area contributed by atoms with Gasteiger partial charge in [0.2, 0.25) is 5.89 Å². The van der Waals surface area contributed by atoms with Gasteiger partial charge in [0, 0.05) is 12.0 Å². The lowest BCUT2D eigenvalue weighted by molar-refractivity contribution is 0.207. The van der Waals surface area contributed by atoms with Gasteiger partial charge in [0.1, 0.15) is 0 Å². The first kappa shape index (κ1) is 13.5. The van der Waals surface area contributed by atoms with Crippen molar-refractivity contribution in [2.75, 3.05) is 6.54 Å². The minimum atomic E-state index is 0.340. The van der Waals surface area contributed by atoms with E-state index in [0.717, 1.165) is 36.8 Å². The highest BCUT2D eigenvalue weighted by molar-refractivity contribution is 4.93. The second kappa shape index (κ2) is 5.83. The molecule has 0 unspecified atom stereocenters. The second-order valence-electron chi connectivity index (χ2n) is 6.09. The molecule has 0 aliphatic heterocycles. The highest BCUT2D eigenvalue weighted by Gasteiger charge is 2.30. The lowest BCUT2D eigenvalue weighted by Gasteiger charge is -2.20. The van der Waals surface area contributed by atoms with Crippen LogP contribution >= 0.6 is 0 Å². The summed E-state index contributed by atoms with van der Waals surface area (Å²) in [6.45, 7) is 10.7. The Hall–Kier alpha value is -0.900. The largest absolute Gasteiger partial charge is 0.338 e. The summed E-state index contributed by atoms with van der Waals surface area (Å²) in [5, 5.41) is 4.03. The summed E-state index contributed by atoms with van der Waals surface area (Å²) in [7, 11) is 0. The maximum atomic E-state index is 5.34. The van der Waals surface area contributed by atoms with Crippen LogP contribution in [0.15, 0.2) is 4.52 Å². The Balaban J connectivity index is 1.90. The van der Waals surface area contributed by atoms with E-state index >= 15 is 0 Å². The fourth-order valence-corrected chi connectivity index (χ4v) is 1.99. The molecule has 102 valence electrons. The maximum absolute atomic E-state index is 5.34. The van der Waals surface area contributed by atoms with Gasteiger partial charge in [-0.3, -0.25) is 4.90 Å². The smallest absolute Gasteiger partial charge is 0.240 e. The van der Waals surface area contributed by atoms with Crippen LogP contribution < -0.4 is 0 Å². The van der Waals surface area contributed by atoms with E-state index < -0.39 is 0 Å². The lowest BCUT2D eigenvalue weighted by Crippen LogP contribution is -2.27. The first-order valence-electron chi connectivity index (χ1n) is 7.12. The van der Waals surface area contributed by atoms with Crippen LogP contribution in [0.25, 0.3) is 0 Å². The van der Waals surface area contributed by atoms with Crippen LogP contribution in [0.4, 0.5) is 0 Å².